The average molecular weight is 232 g/mol. The van der Waals surface area contributed by atoms with Gasteiger partial charge in [-0.3, -0.25) is 9.97 Å². The fourth-order valence-electron chi connectivity index (χ4n) is 2.97. The van der Waals surface area contributed by atoms with Gasteiger partial charge in [0, 0.05) is 24.2 Å². The van der Waals surface area contributed by atoms with Crippen LogP contribution in [-0.4, -0.2) is 9.97 Å². The highest BCUT2D eigenvalue weighted by molar-refractivity contribution is 5.19. The first-order valence-electron chi connectivity index (χ1n) is 7.13. The molecule has 1 aliphatic rings. The van der Waals surface area contributed by atoms with Gasteiger partial charge in [-0.1, -0.05) is 39.5 Å². The Balaban J connectivity index is 2.31. The van der Waals surface area contributed by atoms with Crippen molar-refractivity contribution in [2.24, 2.45) is 0 Å². The average Bonchev–Trinajstić information content (AvgIpc) is 2.43. The van der Waals surface area contributed by atoms with Crippen LogP contribution in [0.4, 0.5) is 0 Å². The van der Waals surface area contributed by atoms with E-state index in [9.17, 15) is 0 Å². The van der Waals surface area contributed by atoms with Crippen molar-refractivity contribution in [3.8, 4) is 0 Å². The number of rotatable bonds is 2. The minimum Gasteiger partial charge on any atom is -0.257 e. The lowest BCUT2D eigenvalue weighted by molar-refractivity contribution is 0.517. The quantitative estimate of drug-likeness (QED) is 0.754. The van der Waals surface area contributed by atoms with E-state index >= 15 is 0 Å². The van der Waals surface area contributed by atoms with Gasteiger partial charge in [0.25, 0.3) is 0 Å². The summed E-state index contributed by atoms with van der Waals surface area (Å²) in [4.78, 5) is 9.26. The van der Waals surface area contributed by atoms with Crippen molar-refractivity contribution >= 4 is 0 Å². The predicted molar refractivity (Wildman–Crippen MR) is 71.2 cm³/mol. The molecule has 0 N–H and O–H groups in total. The second kappa shape index (κ2) is 6.13. The molecule has 2 nitrogen and oxygen atoms in total. The molecule has 0 aliphatic heterocycles. The normalized spacial score (nSPS) is 25.5. The first-order chi connectivity index (χ1) is 8.33. The number of hydrogen-bond acceptors (Lipinski definition) is 2. The van der Waals surface area contributed by atoms with Crippen molar-refractivity contribution in [2.75, 3.05) is 0 Å². The summed E-state index contributed by atoms with van der Waals surface area (Å²) in [5, 5.41) is 0. The molecule has 0 amide bonds. The van der Waals surface area contributed by atoms with E-state index in [2.05, 4.69) is 23.8 Å². The molecular formula is C15H24N2. The van der Waals surface area contributed by atoms with Gasteiger partial charge in [0.05, 0.1) is 11.4 Å². The molecule has 2 atom stereocenters. The Hall–Kier alpha value is -0.920. The van der Waals surface area contributed by atoms with Crippen molar-refractivity contribution in [2.45, 2.75) is 70.6 Å². The topological polar surface area (TPSA) is 25.8 Å². The molecule has 17 heavy (non-hydrogen) atoms. The van der Waals surface area contributed by atoms with Crippen molar-refractivity contribution < 1.29 is 0 Å². The lowest BCUT2D eigenvalue weighted by atomic mass is 9.90. The molecule has 0 aromatic carbocycles. The number of aromatic nitrogens is 2. The highest BCUT2D eigenvalue weighted by Crippen LogP contribution is 2.34. The third kappa shape index (κ3) is 3.05. The zero-order valence-electron chi connectivity index (χ0n) is 11.2. The van der Waals surface area contributed by atoms with E-state index < -0.39 is 0 Å². The molecule has 0 saturated carbocycles. The Kier molecular flexibility index (Phi) is 4.52. The summed E-state index contributed by atoms with van der Waals surface area (Å²) in [6, 6.07) is 0. The van der Waals surface area contributed by atoms with Crippen LogP contribution < -0.4 is 0 Å². The van der Waals surface area contributed by atoms with Gasteiger partial charge in [0.1, 0.15) is 0 Å². The van der Waals surface area contributed by atoms with Crippen molar-refractivity contribution in [1.29, 1.82) is 0 Å². The van der Waals surface area contributed by atoms with Crippen molar-refractivity contribution in [3.05, 3.63) is 23.8 Å². The van der Waals surface area contributed by atoms with Crippen LogP contribution in [0, 0.1) is 0 Å². The Morgan fingerprint density at radius 1 is 1.06 bits per heavy atom. The van der Waals surface area contributed by atoms with E-state index in [1.165, 1.54) is 56.3 Å². The molecule has 94 valence electrons. The van der Waals surface area contributed by atoms with Crippen LogP contribution in [0.2, 0.25) is 0 Å². The lowest BCUT2D eigenvalue weighted by Crippen LogP contribution is -2.09. The molecule has 1 aliphatic carbocycles. The van der Waals surface area contributed by atoms with Crippen LogP contribution in [0.1, 0.15) is 82.0 Å². The highest BCUT2D eigenvalue weighted by Gasteiger charge is 2.21. The molecule has 2 rings (SSSR count). The van der Waals surface area contributed by atoms with Gasteiger partial charge >= 0.3 is 0 Å². The lowest BCUT2D eigenvalue weighted by Gasteiger charge is -2.19. The number of fused-ring (bicyclic) bond motifs is 1. The van der Waals surface area contributed by atoms with Crippen LogP contribution >= 0.6 is 0 Å². The fourth-order valence-corrected chi connectivity index (χ4v) is 2.97. The fraction of sp³-hybridized carbons (Fsp3) is 0.733. The highest BCUT2D eigenvalue weighted by atomic mass is 14.8. The molecule has 1 heterocycles. The van der Waals surface area contributed by atoms with Crippen LogP contribution in [0.15, 0.2) is 12.4 Å². The summed E-state index contributed by atoms with van der Waals surface area (Å²) in [6.45, 7) is 4.58. The van der Waals surface area contributed by atoms with Crippen molar-refractivity contribution in [1.82, 2.24) is 9.97 Å². The largest absolute Gasteiger partial charge is 0.257 e. The monoisotopic (exact) mass is 232 g/mol. The standard InChI is InChI=1S/C15H24N2/c1-3-7-13-9-6-4-5-8-12(2)14-15(13)17-11-10-16-14/h10-13H,3-9H2,1-2H3. The molecule has 2 heteroatoms. The van der Waals surface area contributed by atoms with Gasteiger partial charge in [0.2, 0.25) is 0 Å². The van der Waals surface area contributed by atoms with Gasteiger partial charge in [-0.15, -0.1) is 0 Å². The second-order valence-corrected chi connectivity index (χ2v) is 5.35. The summed E-state index contributed by atoms with van der Waals surface area (Å²) < 4.78 is 0. The van der Waals surface area contributed by atoms with Gasteiger partial charge in [-0.25, -0.2) is 0 Å². The van der Waals surface area contributed by atoms with E-state index in [0.717, 1.165) is 0 Å². The maximum absolute atomic E-state index is 4.65. The number of nitrogens with zero attached hydrogens (tertiary/aromatic N) is 2. The Bertz CT molecular complexity index is 349. The van der Waals surface area contributed by atoms with E-state index in [0.29, 0.717) is 11.8 Å². The molecule has 0 saturated heterocycles. The SMILES string of the molecule is CCCC1CCCCCC(C)c2nccnc21. The second-order valence-electron chi connectivity index (χ2n) is 5.35. The van der Waals surface area contributed by atoms with Gasteiger partial charge in [0.15, 0.2) is 0 Å². The van der Waals surface area contributed by atoms with Gasteiger partial charge in [-0.05, 0) is 19.3 Å². The minimum absolute atomic E-state index is 0.580. The predicted octanol–water partition coefficient (Wildman–Crippen LogP) is 4.43. The maximum atomic E-state index is 4.65. The Labute approximate surface area is 105 Å². The molecular weight excluding hydrogens is 208 g/mol. The van der Waals surface area contributed by atoms with E-state index in [1.807, 2.05) is 12.4 Å². The zero-order chi connectivity index (χ0) is 12.1. The molecule has 0 fully saturated rings. The summed E-state index contributed by atoms with van der Waals surface area (Å²) in [5.74, 6) is 1.22. The minimum atomic E-state index is 0.580. The van der Waals surface area contributed by atoms with Crippen LogP contribution in [0.3, 0.4) is 0 Å². The maximum Gasteiger partial charge on any atom is 0.0652 e. The third-order valence-electron chi connectivity index (χ3n) is 3.94. The summed E-state index contributed by atoms with van der Waals surface area (Å²) in [7, 11) is 0. The molecule has 0 radical (unpaired) electrons. The molecule has 1 aromatic rings. The molecule has 0 bridgehead atoms. The van der Waals surface area contributed by atoms with E-state index in [4.69, 9.17) is 0 Å². The number of hydrogen-bond donors (Lipinski definition) is 0. The smallest absolute Gasteiger partial charge is 0.0652 e. The summed E-state index contributed by atoms with van der Waals surface area (Å²) in [6.07, 6.45) is 12.9. The van der Waals surface area contributed by atoms with Crippen LogP contribution in [0.5, 0.6) is 0 Å². The molecule has 0 spiro atoms. The van der Waals surface area contributed by atoms with Crippen LogP contribution in [-0.2, 0) is 0 Å². The molecule has 1 aromatic heterocycles. The first-order valence-corrected chi connectivity index (χ1v) is 7.13. The molecule has 2 unspecified atom stereocenters. The van der Waals surface area contributed by atoms with Crippen molar-refractivity contribution in [3.63, 3.8) is 0 Å². The summed E-state index contributed by atoms with van der Waals surface area (Å²) >= 11 is 0. The third-order valence-corrected chi connectivity index (χ3v) is 3.94. The zero-order valence-corrected chi connectivity index (χ0v) is 11.2. The van der Waals surface area contributed by atoms with Gasteiger partial charge in [-0.2, -0.15) is 0 Å². The van der Waals surface area contributed by atoms with E-state index in [-0.39, 0.29) is 0 Å². The van der Waals surface area contributed by atoms with E-state index in [1.54, 1.807) is 0 Å². The Morgan fingerprint density at radius 3 is 2.53 bits per heavy atom. The van der Waals surface area contributed by atoms with Crippen LogP contribution in [0.25, 0.3) is 0 Å². The first kappa shape index (κ1) is 12.5. The summed E-state index contributed by atoms with van der Waals surface area (Å²) in [5.41, 5.74) is 2.57. The Morgan fingerprint density at radius 2 is 1.76 bits per heavy atom. The van der Waals surface area contributed by atoms with Gasteiger partial charge < -0.3 is 0 Å².